The van der Waals surface area contributed by atoms with Crippen LogP contribution >= 0.6 is 0 Å². The van der Waals surface area contributed by atoms with Crippen molar-refractivity contribution in [3.63, 3.8) is 0 Å². The molecule has 1 heterocycles. The van der Waals surface area contributed by atoms with Crippen molar-refractivity contribution >= 4 is 5.69 Å². The van der Waals surface area contributed by atoms with Gasteiger partial charge in [-0.05, 0) is 37.5 Å². The fraction of sp³-hybridized carbons (Fsp3) is 0.500. The lowest BCUT2D eigenvalue weighted by molar-refractivity contribution is -0.137. The number of aliphatic hydroxyl groups is 1. The fourth-order valence-corrected chi connectivity index (χ4v) is 2.58. The third kappa shape index (κ3) is 2.88. The van der Waals surface area contributed by atoms with Crippen LogP contribution in [0.25, 0.3) is 0 Å². The van der Waals surface area contributed by atoms with E-state index < -0.39 is 11.7 Å². The van der Waals surface area contributed by atoms with Gasteiger partial charge in [-0.2, -0.15) is 18.4 Å². The standard InChI is InChI=1S/C14H15F3N2O/c15-14(16,17)13-5-4-11(7-10(13)8-18)19-6-2-1-3-12(19)9-20/h4-5,7,12,20H,1-3,6,9H2. The van der Waals surface area contributed by atoms with Crippen LogP contribution < -0.4 is 4.90 Å². The summed E-state index contributed by atoms with van der Waals surface area (Å²) in [5.74, 6) is 0. The molecule has 0 aliphatic carbocycles. The van der Waals surface area contributed by atoms with E-state index in [1.807, 2.05) is 4.90 Å². The molecule has 1 saturated heterocycles. The van der Waals surface area contributed by atoms with Gasteiger partial charge < -0.3 is 10.0 Å². The summed E-state index contributed by atoms with van der Waals surface area (Å²) in [4.78, 5) is 1.88. The molecular weight excluding hydrogens is 269 g/mol. The fourth-order valence-electron chi connectivity index (χ4n) is 2.58. The number of nitrogens with zero attached hydrogens (tertiary/aromatic N) is 2. The predicted octanol–water partition coefficient (Wildman–Crippen LogP) is 2.93. The van der Waals surface area contributed by atoms with Crippen LogP contribution in [-0.4, -0.2) is 24.3 Å². The van der Waals surface area contributed by atoms with E-state index >= 15 is 0 Å². The third-order valence-electron chi connectivity index (χ3n) is 3.60. The quantitative estimate of drug-likeness (QED) is 0.908. The molecule has 1 aromatic rings. The second-order valence-corrected chi connectivity index (χ2v) is 4.87. The number of benzene rings is 1. The minimum Gasteiger partial charge on any atom is -0.394 e. The van der Waals surface area contributed by atoms with E-state index in [9.17, 15) is 18.3 Å². The molecule has 3 nitrogen and oxygen atoms in total. The number of hydrogen-bond acceptors (Lipinski definition) is 3. The van der Waals surface area contributed by atoms with Crippen molar-refractivity contribution < 1.29 is 18.3 Å². The van der Waals surface area contributed by atoms with E-state index in [2.05, 4.69) is 0 Å². The summed E-state index contributed by atoms with van der Waals surface area (Å²) in [6.45, 7) is 0.643. The molecule has 0 aromatic heterocycles. The summed E-state index contributed by atoms with van der Waals surface area (Å²) in [6, 6.07) is 5.09. The van der Waals surface area contributed by atoms with E-state index in [0.29, 0.717) is 12.2 Å². The lowest BCUT2D eigenvalue weighted by Gasteiger charge is -2.36. The van der Waals surface area contributed by atoms with Crippen molar-refractivity contribution in [1.82, 2.24) is 0 Å². The maximum atomic E-state index is 12.7. The summed E-state index contributed by atoms with van der Waals surface area (Å²) in [6.07, 6.45) is -1.80. The summed E-state index contributed by atoms with van der Waals surface area (Å²) in [5, 5.41) is 18.3. The molecule has 2 rings (SSSR count). The van der Waals surface area contributed by atoms with Gasteiger partial charge in [0.1, 0.15) is 0 Å². The van der Waals surface area contributed by atoms with Crippen molar-refractivity contribution in [2.45, 2.75) is 31.5 Å². The van der Waals surface area contributed by atoms with Crippen LogP contribution in [0, 0.1) is 11.3 Å². The van der Waals surface area contributed by atoms with Crippen molar-refractivity contribution in [2.24, 2.45) is 0 Å². The highest BCUT2D eigenvalue weighted by Crippen LogP contribution is 2.34. The average Bonchev–Trinajstić information content (AvgIpc) is 2.45. The maximum Gasteiger partial charge on any atom is 0.417 e. The Kier molecular flexibility index (Phi) is 4.19. The molecule has 1 aliphatic heterocycles. The van der Waals surface area contributed by atoms with Crippen LogP contribution in [0.4, 0.5) is 18.9 Å². The molecule has 6 heteroatoms. The zero-order valence-electron chi connectivity index (χ0n) is 10.8. The van der Waals surface area contributed by atoms with E-state index in [1.54, 1.807) is 6.07 Å². The van der Waals surface area contributed by atoms with Gasteiger partial charge in [-0.1, -0.05) is 0 Å². The molecule has 1 aromatic carbocycles. The number of nitriles is 1. The molecule has 1 aliphatic rings. The van der Waals surface area contributed by atoms with Crippen LogP contribution in [0.15, 0.2) is 18.2 Å². The van der Waals surface area contributed by atoms with Gasteiger partial charge >= 0.3 is 6.18 Å². The SMILES string of the molecule is N#Cc1cc(N2CCCCC2CO)ccc1C(F)(F)F. The number of anilines is 1. The number of piperidine rings is 1. The first-order valence-corrected chi connectivity index (χ1v) is 6.46. The van der Waals surface area contributed by atoms with Crippen LogP contribution in [0.5, 0.6) is 0 Å². The van der Waals surface area contributed by atoms with E-state index in [0.717, 1.165) is 25.3 Å². The summed E-state index contributed by atoms with van der Waals surface area (Å²) in [5.41, 5.74) is -0.730. The Bertz CT molecular complexity index is 522. The first kappa shape index (κ1) is 14.7. The third-order valence-corrected chi connectivity index (χ3v) is 3.60. The van der Waals surface area contributed by atoms with Gasteiger partial charge in [0.25, 0.3) is 0 Å². The molecule has 0 bridgehead atoms. The Hall–Kier alpha value is -1.74. The normalized spacial score (nSPS) is 19.8. The van der Waals surface area contributed by atoms with Gasteiger partial charge in [0.05, 0.1) is 29.8 Å². The van der Waals surface area contributed by atoms with Gasteiger partial charge in [0, 0.05) is 12.2 Å². The monoisotopic (exact) mass is 284 g/mol. The Morgan fingerprint density at radius 2 is 2.10 bits per heavy atom. The Labute approximate surface area is 115 Å². The largest absolute Gasteiger partial charge is 0.417 e. The highest BCUT2D eigenvalue weighted by Gasteiger charge is 2.34. The molecule has 1 unspecified atom stereocenters. The lowest BCUT2D eigenvalue weighted by Crippen LogP contribution is -2.42. The average molecular weight is 284 g/mol. The van der Waals surface area contributed by atoms with Crippen molar-refractivity contribution in [3.8, 4) is 6.07 Å². The van der Waals surface area contributed by atoms with Gasteiger partial charge in [-0.15, -0.1) is 0 Å². The molecule has 0 spiro atoms. The first-order valence-electron chi connectivity index (χ1n) is 6.46. The van der Waals surface area contributed by atoms with Crippen molar-refractivity contribution in [3.05, 3.63) is 29.3 Å². The number of rotatable bonds is 2. The van der Waals surface area contributed by atoms with Crippen LogP contribution in [-0.2, 0) is 6.18 Å². The second-order valence-electron chi connectivity index (χ2n) is 4.87. The highest BCUT2D eigenvalue weighted by atomic mass is 19.4. The highest BCUT2D eigenvalue weighted by molar-refractivity contribution is 5.56. The molecule has 0 radical (unpaired) electrons. The minimum absolute atomic E-state index is 0.0388. The van der Waals surface area contributed by atoms with E-state index in [-0.39, 0.29) is 18.2 Å². The number of hydrogen-bond donors (Lipinski definition) is 1. The summed E-state index contributed by atoms with van der Waals surface area (Å²) in [7, 11) is 0. The molecule has 1 atom stereocenters. The Balaban J connectivity index is 2.37. The number of aliphatic hydroxyl groups excluding tert-OH is 1. The van der Waals surface area contributed by atoms with Gasteiger partial charge in [-0.25, -0.2) is 0 Å². The molecular formula is C14H15F3N2O. The van der Waals surface area contributed by atoms with Gasteiger partial charge in [-0.3, -0.25) is 0 Å². The van der Waals surface area contributed by atoms with Crippen LogP contribution in [0.2, 0.25) is 0 Å². The van der Waals surface area contributed by atoms with Crippen molar-refractivity contribution in [1.29, 1.82) is 5.26 Å². The van der Waals surface area contributed by atoms with Gasteiger partial charge in [0.2, 0.25) is 0 Å². The van der Waals surface area contributed by atoms with Crippen molar-refractivity contribution in [2.75, 3.05) is 18.1 Å². The summed E-state index contributed by atoms with van der Waals surface area (Å²) < 4.78 is 38.2. The number of alkyl halides is 3. The molecule has 0 amide bonds. The van der Waals surface area contributed by atoms with Crippen LogP contribution in [0.1, 0.15) is 30.4 Å². The number of halogens is 3. The van der Waals surface area contributed by atoms with E-state index in [1.165, 1.54) is 12.1 Å². The molecule has 0 saturated carbocycles. The maximum absolute atomic E-state index is 12.7. The van der Waals surface area contributed by atoms with Gasteiger partial charge in [0.15, 0.2) is 0 Å². The summed E-state index contributed by atoms with van der Waals surface area (Å²) >= 11 is 0. The molecule has 1 fully saturated rings. The lowest BCUT2D eigenvalue weighted by atomic mass is 10.00. The van der Waals surface area contributed by atoms with E-state index in [4.69, 9.17) is 5.26 Å². The zero-order valence-corrected chi connectivity index (χ0v) is 10.8. The Morgan fingerprint density at radius 1 is 1.35 bits per heavy atom. The van der Waals surface area contributed by atoms with Crippen LogP contribution in [0.3, 0.4) is 0 Å². The molecule has 1 N–H and O–H groups in total. The topological polar surface area (TPSA) is 47.3 Å². The smallest absolute Gasteiger partial charge is 0.394 e. The Morgan fingerprint density at radius 3 is 2.70 bits per heavy atom. The second kappa shape index (κ2) is 5.71. The molecule has 20 heavy (non-hydrogen) atoms. The molecule has 108 valence electrons. The minimum atomic E-state index is -4.53. The zero-order chi connectivity index (χ0) is 14.8. The first-order chi connectivity index (χ1) is 9.47. The predicted molar refractivity (Wildman–Crippen MR) is 68.2 cm³/mol.